The standard InChI is InChI=1S/C17H23BrN2OSi/c1-17(2,3)22(4,5)16-19-15(18)14(12-21)20(16)11-13-9-7-6-8-10-13/h6-10,12H,11H2,1-5H3. The number of carbonyl (C=O) groups is 1. The van der Waals surface area contributed by atoms with Crippen molar-refractivity contribution in [3.8, 4) is 0 Å². The molecule has 0 fully saturated rings. The Hall–Kier alpha value is -1.20. The fourth-order valence-electron chi connectivity index (χ4n) is 2.29. The molecule has 0 N–H and O–H groups in total. The van der Waals surface area contributed by atoms with Crippen molar-refractivity contribution >= 4 is 35.7 Å². The molecule has 1 heterocycles. The van der Waals surface area contributed by atoms with E-state index in [4.69, 9.17) is 4.98 Å². The van der Waals surface area contributed by atoms with E-state index in [1.165, 1.54) is 5.56 Å². The lowest BCUT2D eigenvalue weighted by Gasteiger charge is -2.36. The highest BCUT2D eigenvalue weighted by Gasteiger charge is 2.41. The van der Waals surface area contributed by atoms with Crippen LogP contribution in [0.5, 0.6) is 0 Å². The summed E-state index contributed by atoms with van der Waals surface area (Å²) in [6.45, 7) is 12.1. The second-order valence-corrected chi connectivity index (χ2v) is 13.1. The molecule has 0 unspecified atom stereocenters. The van der Waals surface area contributed by atoms with Gasteiger partial charge in [0.05, 0.1) is 5.45 Å². The molecule has 0 amide bonds. The summed E-state index contributed by atoms with van der Waals surface area (Å²) in [6.07, 6.45) is 0.899. The Bertz CT molecular complexity index is 672. The second kappa shape index (κ2) is 6.12. The van der Waals surface area contributed by atoms with Crippen molar-refractivity contribution in [2.24, 2.45) is 0 Å². The smallest absolute Gasteiger partial charge is 0.169 e. The third kappa shape index (κ3) is 3.10. The van der Waals surface area contributed by atoms with Crippen LogP contribution < -0.4 is 5.45 Å². The summed E-state index contributed by atoms with van der Waals surface area (Å²) in [5.74, 6) is 0. The Morgan fingerprint density at radius 2 is 1.82 bits per heavy atom. The van der Waals surface area contributed by atoms with E-state index in [0.717, 1.165) is 11.7 Å². The first kappa shape index (κ1) is 17.2. The third-order valence-corrected chi connectivity index (χ3v) is 10.5. The molecule has 3 nitrogen and oxygen atoms in total. The summed E-state index contributed by atoms with van der Waals surface area (Å²) in [4.78, 5) is 16.3. The molecule has 5 heteroatoms. The number of aldehydes is 1. The average molecular weight is 379 g/mol. The zero-order chi connectivity index (χ0) is 16.5. The van der Waals surface area contributed by atoms with Gasteiger partial charge in [0.2, 0.25) is 0 Å². The molecule has 0 saturated heterocycles. The number of hydrogen-bond donors (Lipinski definition) is 0. The minimum atomic E-state index is -1.84. The molecular formula is C17H23BrN2OSi. The van der Waals surface area contributed by atoms with Crippen LogP contribution in [0.25, 0.3) is 0 Å². The first-order valence-electron chi connectivity index (χ1n) is 7.44. The summed E-state index contributed by atoms with van der Waals surface area (Å²) in [7, 11) is -1.84. The zero-order valence-corrected chi connectivity index (χ0v) is 16.4. The van der Waals surface area contributed by atoms with Crippen LogP contribution in [0.4, 0.5) is 0 Å². The monoisotopic (exact) mass is 378 g/mol. The number of imidazole rings is 1. The van der Waals surface area contributed by atoms with E-state index in [9.17, 15) is 4.79 Å². The minimum absolute atomic E-state index is 0.159. The molecule has 0 bridgehead atoms. The number of halogens is 1. The molecule has 1 aromatic heterocycles. The molecule has 0 atom stereocenters. The Morgan fingerprint density at radius 1 is 1.23 bits per heavy atom. The van der Waals surface area contributed by atoms with E-state index < -0.39 is 8.07 Å². The van der Waals surface area contributed by atoms with Gasteiger partial charge in [0.1, 0.15) is 18.4 Å². The van der Waals surface area contributed by atoms with Gasteiger partial charge in [-0.25, -0.2) is 4.98 Å². The number of hydrogen-bond acceptors (Lipinski definition) is 2. The Balaban J connectivity index is 2.59. The Kier molecular flexibility index (Phi) is 4.78. The molecule has 0 saturated carbocycles. The molecule has 118 valence electrons. The fraction of sp³-hybridized carbons (Fsp3) is 0.412. The Labute approximate surface area is 141 Å². The number of aromatic nitrogens is 2. The van der Waals surface area contributed by atoms with E-state index in [-0.39, 0.29) is 5.04 Å². The molecule has 0 aliphatic carbocycles. The van der Waals surface area contributed by atoms with E-state index in [1.54, 1.807) is 0 Å². The molecular weight excluding hydrogens is 356 g/mol. The van der Waals surface area contributed by atoms with Gasteiger partial charge in [-0.2, -0.15) is 0 Å². The van der Waals surface area contributed by atoms with Crippen LogP contribution in [-0.4, -0.2) is 23.9 Å². The maximum Gasteiger partial charge on any atom is 0.169 e. The number of nitrogens with zero attached hydrogens (tertiary/aromatic N) is 2. The summed E-state index contributed by atoms with van der Waals surface area (Å²) >= 11 is 3.46. The highest BCUT2D eigenvalue weighted by molar-refractivity contribution is 9.10. The fourth-order valence-corrected chi connectivity index (χ4v) is 4.86. The molecule has 2 rings (SSSR count). The topological polar surface area (TPSA) is 34.9 Å². The number of carbonyl (C=O) groups excluding carboxylic acids is 1. The summed E-state index contributed by atoms with van der Waals surface area (Å²) in [6, 6.07) is 10.2. The lowest BCUT2D eigenvalue weighted by molar-refractivity contribution is 0.111. The lowest BCUT2D eigenvalue weighted by atomic mass is 10.2. The lowest BCUT2D eigenvalue weighted by Crippen LogP contribution is -2.54. The van der Waals surface area contributed by atoms with Gasteiger partial charge in [0.25, 0.3) is 0 Å². The molecule has 22 heavy (non-hydrogen) atoms. The van der Waals surface area contributed by atoms with E-state index in [0.29, 0.717) is 16.8 Å². The van der Waals surface area contributed by atoms with E-state index >= 15 is 0 Å². The molecule has 1 aromatic carbocycles. The van der Waals surface area contributed by atoms with Crippen molar-refractivity contribution in [2.75, 3.05) is 0 Å². The first-order valence-corrected chi connectivity index (χ1v) is 11.2. The number of benzene rings is 1. The molecule has 0 aliphatic rings. The molecule has 2 aromatic rings. The van der Waals surface area contributed by atoms with Crippen molar-refractivity contribution < 1.29 is 4.79 Å². The van der Waals surface area contributed by atoms with Crippen molar-refractivity contribution in [3.63, 3.8) is 0 Å². The SMILES string of the molecule is CC(C)(C)[Si](C)(C)c1nc(Br)c(C=O)n1Cc1ccccc1. The van der Waals surface area contributed by atoms with Crippen molar-refractivity contribution in [1.82, 2.24) is 9.55 Å². The Morgan fingerprint density at radius 3 is 2.32 bits per heavy atom. The van der Waals surface area contributed by atoms with Gasteiger partial charge < -0.3 is 4.57 Å². The van der Waals surface area contributed by atoms with Gasteiger partial charge in [0, 0.05) is 6.54 Å². The summed E-state index contributed by atoms with van der Waals surface area (Å²) in [5, 5.41) is 0.159. The van der Waals surface area contributed by atoms with Gasteiger partial charge in [0.15, 0.2) is 6.29 Å². The normalized spacial score (nSPS) is 12.5. The molecule has 0 aliphatic heterocycles. The third-order valence-electron chi connectivity index (χ3n) is 4.69. The maximum atomic E-state index is 11.6. The van der Waals surface area contributed by atoms with Crippen LogP contribution >= 0.6 is 15.9 Å². The zero-order valence-electron chi connectivity index (χ0n) is 13.9. The summed E-state index contributed by atoms with van der Waals surface area (Å²) < 4.78 is 2.74. The van der Waals surface area contributed by atoms with E-state index in [1.807, 2.05) is 18.2 Å². The van der Waals surface area contributed by atoms with Gasteiger partial charge >= 0.3 is 0 Å². The van der Waals surface area contributed by atoms with Crippen molar-refractivity contribution in [2.45, 2.75) is 45.4 Å². The maximum absolute atomic E-state index is 11.6. The van der Waals surface area contributed by atoms with Crippen LogP contribution in [0.1, 0.15) is 36.8 Å². The van der Waals surface area contributed by atoms with Crippen molar-refractivity contribution in [3.05, 3.63) is 46.2 Å². The molecule has 0 spiro atoms. The van der Waals surface area contributed by atoms with Gasteiger partial charge in [-0.3, -0.25) is 4.79 Å². The highest BCUT2D eigenvalue weighted by atomic mass is 79.9. The van der Waals surface area contributed by atoms with Gasteiger partial charge in [-0.15, -0.1) is 0 Å². The molecule has 0 radical (unpaired) electrons. The quantitative estimate of drug-likeness (QED) is 0.589. The van der Waals surface area contributed by atoms with Crippen LogP contribution in [-0.2, 0) is 6.54 Å². The van der Waals surface area contributed by atoms with E-state index in [2.05, 4.69) is 66.5 Å². The van der Waals surface area contributed by atoms with Crippen LogP contribution in [0.15, 0.2) is 34.9 Å². The largest absolute Gasteiger partial charge is 0.324 e. The van der Waals surface area contributed by atoms with Crippen LogP contribution in [0.2, 0.25) is 18.1 Å². The predicted molar refractivity (Wildman–Crippen MR) is 97.7 cm³/mol. The number of rotatable bonds is 4. The highest BCUT2D eigenvalue weighted by Crippen LogP contribution is 2.36. The van der Waals surface area contributed by atoms with Crippen LogP contribution in [0, 0.1) is 0 Å². The van der Waals surface area contributed by atoms with Gasteiger partial charge in [-0.1, -0.05) is 64.2 Å². The van der Waals surface area contributed by atoms with Crippen molar-refractivity contribution in [1.29, 1.82) is 0 Å². The minimum Gasteiger partial charge on any atom is -0.324 e. The van der Waals surface area contributed by atoms with Gasteiger partial charge in [-0.05, 0) is 26.5 Å². The first-order chi connectivity index (χ1) is 10.2. The summed E-state index contributed by atoms with van der Waals surface area (Å²) in [5.41, 5.74) is 2.87. The second-order valence-electron chi connectivity index (χ2n) is 7.18. The average Bonchev–Trinajstić information content (AvgIpc) is 2.75. The predicted octanol–water partition coefficient (Wildman–Crippen LogP) is 4.22. The van der Waals surface area contributed by atoms with Crippen LogP contribution in [0.3, 0.4) is 0 Å².